The van der Waals surface area contributed by atoms with Crippen molar-refractivity contribution in [2.24, 2.45) is 5.92 Å². The smallest absolute Gasteiger partial charge is 0.309 e. The lowest BCUT2D eigenvalue weighted by atomic mass is 10.2. The quantitative estimate of drug-likeness (QED) is 0.589. The van der Waals surface area contributed by atoms with Gasteiger partial charge in [0, 0.05) is 11.9 Å². The van der Waals surface area contributed by atoms with E-state index in [9.17, 15) is 4.79 Å². The van der Waals surface area contributed by atoms with E-state index in [1.165, 1.54) is 18.9 Å². The van der Waals surface area contributed by atoms with Crippen LogP contribution in [0.1, 0.15) is 12.5 Å². The van der Waals surface area contributed by atoms with Gasteiger partial charge in [-0.05, 0) is 12.1 Å². The number of esters is 1. The lowest BCUT2D eigenvalue weighted by Crippen LogP contribution is -2.14. The van der Waals surface area contributed by atoms with E-state index < -0.39 is 0 Å². The molecule has 0 aromatic carbocycles. The van der Waals surface area contributed by atoms with E-state index in [2.05, 4.69) is 9.72 Å². The molecule has 0 saturated heterocycles. The first-order chi connectivity index (χ1) is 7.67. The summed E-state index contributed by atoms with van der Waals surface area (Å²) in [5.74, 6) is 0.181. The molecule has 1 atom stereocenters. The maximum Gasteiger partial charge on any atom is 0.309 e. The van der Waals surface area contributed by atoms with Crippen molar-refractivity contribution in [2.45, 2.75) is 11.9 Å². The van der Waals surface area contributed by atoms with Crippen molar-refractivity contribution >= 4 is 17.7 Å². The van der Waals surface area contributed by atoms with Crippen molar-refractivity contribution in [1.29, 1.82) is 5.26 Å². The van der Waals surface area contributed by atoms with Gasteiger partial charge < -0.3 is 4.74 Å². The number of ether oxygens (including phenoxy) is 1. The van der Waals surface area contributed by atoms with E-state index in [1.807, 2.05) is 6.07 Å². The van der Waals surface area contributed by atoms with Gasteiger partial charge in [0.2, 0.25) is 0 Å². The zero-order valence-electron chi connectivity index (χ0n) is 9.14. The van der Waals surface area contributed by atoms with Crippen molar-refractivity contribution in [3.05, 3.63) is 23.9 Å². The number of aromatic nitrogens is 1. The second-order valence-electron chi connectivity index (χ2n) is 3.23. The number of carbonyl (C=O) groups is 1. The molecular formula is C11H12N2O2S. The van der Waals surface area contributed by atoms with Crippen LogP contribution >= 0.6 is 11.8 Å². The van der Waals surface area contributed by atoms with Gasteiger partial charge in [0.25, 0.3) is 0 Å². The summed E-state index contributed by atoms with van der Waals surface area (Å²) in [4.78, 5) is 15.3. The lowest BCUT2D eigenvalue weighted by Gasteiger charge is -2.07. The highest BCUT2D eigenvalue weighted by atomic mass is 32.2. The summed E-state index contributed by atoms with van der Waals surface area (Å²) in [7, 11) is 1.37. The SMILES string of the molecule is COC(=O)C(C)CSc1cc(C#N)ccn1. The van der Waals surface area contributed by atoms with Crippen molar-refractivity contribution in [3.8, 4) is 6.07 Å². The first-order valence-corrected chi connectivity index (χ1v) is 5.72. The molecule has 5 heteroatoms. The van der Waals surface area contributed by atoms with Crippen LogP contribution in [0.3, 0.4) is 0 Å². The van der Waals surface area contributed by atoms with Gasteiger partial charge in [0.1, 0.15) is 0 Å². The van der Waals surface area contributed by atoms with Crippen LogP contribution in [0.4, 0.5) is 0 Å². The molecule has 0 fully saturated rings. The van der Waals surface area contributed by atoms with Gasteiger partial charge in [-0.25, -0.2) is 4.98 Å². The Kier molecular flexibility index (Phi) is 4.80. The highest BCUT2D eigenvalue weighted by Gasteiger charge is 2.13. The molecule has 0 amide bonds. The van der Waals surface area contributed by atoms with E-state index in [-0.39, 0.29) is 11.9 Å². The molecule has 1 aromatic rings. The van der Waals surface area contributed by atoms with E-state index in [4.69, 9.17) is 5.26 Å². The second kappa shape index (κ2) is 6.13. The van der Waals surface area contributed by atoms with Gasteiger partial charge in [-0.2, -0.15) is 5.26 Å². The van der Waals surface area contributed by atoms with Crippen LogP contribution in [-0.4, -0.2) is 23.8 Å². The fraction of sp³-hybridized carbons (Fsp3) is 0.364. The van der Waals surface area contributed by atoms with Crippen molar-refractivity contribution < 1.29 is 9.53 Å². The molecule has 4 nitrogen and oxygen atoms in total. The standard InChI is InChI=1S/C11H12N2O2S/c1-8(11(14)15-2)7-16-10-5-9(6-12)3-4-13-10/h3-5,8H,7H2,1-2H3. The van der Waals surface area contributed by atoms with Gasteiger partial charge in [-0.15, -0.1) is 11.8 Å². The first-order valence-electron chi connectivity index (χ1n) is 4.74. The third-order valence-corrected chi connectivity index (χ3v) is 3.13. The Morgan fingerprint density at radius 3 is 3.12 bits per heavy atom. The molecule has 1 unspecified atom stereocenters. The number of hydrogen-bond acceptors (Lipinski definition) is 5. The molecule has 1 rings (SSSR count). The van der Waals surface area contributed by atoms with Gasteiger partial charge in [0.05, 0.1) is 29.7 Å². The third-order valence-electron chi connectivity index (χ3n) is 1.95. The number of nitriles is 1. The zero-order valence-corrected chi connectivity index (χ0v) is 9.95. The maximum absolute atomic E-state index is 11.1. The number of thioether (sulfide) groups is 1. The summed E-state index contributed by atoms with van der Waals surface area (Å²) in [5, 5.41) is 9.45. The first kappa shape index (κ1) is 12.5. The Bertz CT molecular complexity index is 415. The summed E-state index contributed by atoms with van der Waals surface area (Å²) < 4.78 is 4.62. The highest BCUT2D eigenvalue weighted by Crippen LogP contribution is 2.19. The summed E-state index contributed by atoms with van der Waals surface area (Å²) in [6.45, 7) is 1.80. The number of hydrogen-bond donors (Lipinski definition) is 0. The van der Waals surface area contributed by atoms with Crippen LogP contribution < -0.4 is 0 Å². The molecule has 0 aliphatic heterocycles. The van der Waals surface area contributed by atoms with Crippen molar-refractivity contribution in [3.63, 3.8) is 0 Å². The summed E-state index contributed by atoms with van der Waals surface area (Å²) in [6.07, 6.45) is 1.59. The fourth-order valence-electron chi connectivity index (χ4n) is 1.04. The molecule has 16 heavy (non-hydrogen) atoms. The molecule has 0 aliphatic rings. The van der Waals surface area contributed by atoms with Crippen LogP contribution in [0.2, 0.25) is 0 Å². The number of carbonyl (C=O) groups excluding carboxylic acids is 1. The number of rotatable bonds is 4. The van der Waals surface area contributed by atoms with Gasteiger partial charge in [0.15, 0.2) is 0 Å². The molecule has 1 aromatic heterocycles. The van der Waals surface area contributed by atoms with E-state index in [0.717, 1.165) is 5.03 Å². The average Bonchev–Trinajstić information content (AvgIpc) is 2.35. The van der Waals surface area contributed by atoms with Crippen LogP contribution in [-0.2, 0) is 9.53 Å². The second-order valence-corrected chi connectivity index (χ2v) is 4.27. The van der Waals surface area contributed by atoms with Crippen LogP contribution in [0, 0.1) is 17.2 Å². The summed E-state index contributed by atoms with van der Waals surface area (Å²) in [5.41, 5.74) is 0.572. The van der Waals surface area contributed by atoms with Crippen LogP contribution in [0.15, 0.2) is 23.4 Å². The molecule has 84 valence electrons. The van der Waals surface area contributed by atoms with Crippen LogP contribution in [0.5, 0.6) is 0 Å². The molecule has 0 N–H and O–H groups in total. The van der Waals surface area contributed by atoms with E-state index in [0.29, 0.717) is 11.3 Å². The predicted octanol–water partition coefficient (Wildman–Crippen LogP) is 1.85. The van der Waals surface area contributed by atoms with Gasteiger partial charge in [-0.1, -0.05) is 6.92 Å². The topological polar surface area (TPSA) is 63.0 Å². The Balaban J connectivity index is 2.55. The fourth-order valence-corrected chi connectivity index (χ4v) is 1.94. The molecule has 0 radical (unpaired) electrons. The minimum atomic E-state index is -0.232. The normalized spacial score (nSPS) is 11.6. The average molecular weight is 236 g/mol. The summed E-state index contributed by atoms with van der Waals surface area (Å²) in [6, 6.07) is 5.39. The van der Waals surface area contributed by atoms with Crippen LogP contribution in [0.25, 0.3) is 0 Å². The zero-order chi connectivity index (χ0) is 12.0. The predicted molar refractivity (Wildman–Crippen MR) is 60.9 cm³/mol. The monoisotopic (exact) mass is 236 g/mol. The molecule has 1 heterocycles. The third kappa shape index (κ3) is 3.55. The Morgan fingerprint density at radius 1 is 1.75 bits per heavy atom. The molecule has 0 spiro atoms. The molecular weight excluding hydrogens is 224 g/mol. The maximum atomic E-state index is 11.1. The van der Waals surface area contributed by atoms with Gasteiger partial charge >= 0.3 is 5.97 Å². The molecule has 0 bridgehead atoms. The summed E-state index contributed by atoms with van der Waals surface area (Å²) >= 11 is 1.44. The van der Waals surface area contributed by atoms with Crippen molar-refractivity contribution in [2.75, 3.05) is 12.9 Å². The molecule has 0 saturated carbocycles. The van der Waals surface area contributed by atoms with E-state index in [1.54, 1.807) is 25.3 Å². The minimum absolute atomic E-state index is 0.178. The molecule has 0 aliphatic carbocycles. The Morgan fingerprint density at radius 2 is 2.50 bits per heavy atom. The Labute approximate surface area is 98.6 Å². The Hall–Kier alpha value is -1.54. The highest BCUT2D eigenvalue weighted by molar-refractivity contribution is 7.99. The number of methoxy groups -OCH3 is 1. The van der Waals surface area contributed by atoms with Gasteiger partial charge in [-0.3, -0.25) is 4.79 Å². The van der Waals surface area contributed by atoms with E-state index >= 15 is 0 Å². The van der Waals surface area contributed by atoms with Crippen molar-refractivity contribution in [1.82, 2.24) is 4.98 Å². The minimum Gasteiger partial charge on any atom is -0.469 e. The number of pyridine rings is 1. The number of nitrogens with zero attached hydrogens (tertiary/aromatic N) is 2. The lowest BCUT2D eigenvalue weighted by molar-refractivity contribution is -0.143. The largest absolute Gasteiger partial charge is 0.469 e.